The second-order valence-electron chi connectivity index (χ2n) is 4.47. The Bertz CT molecular complexity index is 551. The quantitative estimate of drug-likeness (QED) is 0.897. The van der Waals surface area contributed by atoms with Gasteiger partial charge in [-0.15, -0.1) is 0 Å². The molecule has 0 aliphatic rings. The lowest BCUT2D eigenvalue weighted by molar-refractivity contribution is 0.153. The standard InChI is InChI=1S/C14H18N2O3/c1-4-5-11(17)13-15-14(19-16-13)10-8-9(2)6-7-12(10)18-3/h6-8,11,17H,4-5H2,1-3H3. The molecular formula is C14H18N2O3. The van der Waals surface area contributed by atoms with Crippen LogP contribution in [0.2, 0.25) is 0 Å². The number of hydrogen-bond donors (Lipinski definition) is 1. The van der Waals surface area contributed by atoms with E-state index in [9.17, 15) is 5.11 Å². The first-order chi connectivity index (χ1) is 9.15. The fraction of sp³-hybridized carbons (Fsp3) is 0.429. The van der Waals surface area contributed by atoms with Crippen LogP contribution in [0.15, 0.2) is 22.7 Å². The van der Waals surface area contributed by atoms with Crippen molar-refractivity contribution in [1.82, 2.24) is 10.1 Å². The lowest BCUT2D eigenvalue weighted by Crippen LogP contribution is -1.99. The van der Waals surface area contributed by atoms with Crippen molar-refractivity contribution in [2.45, 2.75) is 32.8 Å². The van der Waals surface area contributed by atoms with E-state index in [1.165, 1.54) is 0 Å². The van der Waals surface area contributed by atoms with E-state index in [4.69, 9.17) is 9.26 Å². The molecule has 0 amide bonds. The topological polar surface area (TPSA) is 68.4 Å². The van der Waals surface area contributed by atoms with Gasteiger partial charge in [-0.1, -0.05) is 30.1 Å². The zero-order valence-corrected chi connectivity index (χ0v) is 11.4. The first kappa shape index (κ1) is 13.5. The van der Waals surface area contributed by atoms with Crippen LogP contribution in [0.5, 0.6) is 5.75 Å². The minimum atomic E-state index is -0.682. The molecule has 5 heteroatoms. The van der Waals surface area contributed by atoms with Crippen LogP contribution in [0.25, 0.3) is 11.5 Å². The molecule has 0 saturated heterocycles. The molecule has 0 spiro atoms. The van der Waals surface area contributed by atoms with Crippen LogP contribution in [-0.2, 0) is 0 Å². The fourth-order valence-electron chi connectivity index (χ4n) is 1.87. The van der Waals surface area contributed by atoms with Gasteiger partial charge in [0.2, 0.25) is 5.82 Å². The van der Waals surface area contributed by atoms with Crippen LogP contribution in [0, 0.1) is 6.92 Å². The molecule has 0 aliphatic heterocycles. The van der Waals surface area contributed by atoms with Crippen LogP contribution in [0.4, 0.5) is 0 Å². The van der Waals surface area contributed by atoms with Crippen molar-refractivity contribution in [1.29, 1.82) is 0 Å². The van der Waals surface area contributed by atoms with Gasteiger partial charge >= 0.3 is 0 Å². The summed E-state index contributed by atoms with van der Waals surface area (Å²) in [7, 11) is 1.59. The van der Waals surface area contributed by atoms with Gasteiger partial charge in [-0.2, -0.15) is 4.98 Å². The third-order valence-electron chi connectivity index (χ3n) is 2.89. The molecule has 1 aromatic heterocycles. The zero-order valence-electron chi connectivity index (χ0n) is 11.4. The van der Waals surface area contributed by atoms with E-state index in [2.05, 4.69) is 10.1 Å². The summed E-state index contributed by atoms with van der Waals surface area (Å²) in [4.78, 5) is 4.24. The highest BCUT2D eigenvalue weighted by molar-refractivity contribution is 5.63. The van der Waals surface area contributed by atoms with E-state index in [0.29, 0.717) is 23.9 Å². The summed E-state index contributed by atoms with van der Waals surface area (Å²) in [5.41, 5.74) is 1.81. The Kier molecular flexibility index (Phi) is 4.16. The van der Waals surface area contributed by atoms with E-state index in [1.807, 2.05) is 32.0 Å². The Labute approximate surface area is 112 Å². The average Bonchev–Trinajstić information content (AvgIpc) is 2.88. The molecule has 102 valence electrons. The molecule has 1 aromatic carbocycles. The van der Waals surface area contributed by atoms with Crippen LogP contribution >= 0.6 is 0 Å². The van der Waals surface area contributed by atoms with E-state index < -0.39 is 6.10 Å². The largest absolute Gasteiger partial charge is 0.496 e. The van der Waals surface area contributed by atoms with Gasteiger partial charge in [-0.25, -0.2) is 0 Å². The summed E-state index contributed by atoms with van der Waals surface area (Å²) in [5, 5.41) is 13.7. The normalized spacial score (nSPS) is 12.4. The average molecular weight is 262 g/mol. The molecule has 19 heavy (non-hydrogen) atoms. The monoisotopic (exact) mass is 262 g/mol. The van der Waals surface area contributed by atoms with E-state index in [0.717, 1.165) is 17.5 Å². The number of aromatic nitrogens is 2. The number of benzene rings is 1. The van der Waals surface area contributed by atoms with Gasteiger partial charge < -0.3 is 14.4 Å². The minimum Gasteiger partial charge on any atom is -0.496 e. The van der Waals surface area contributed by atoms with Crippen molar-refractivity contribution in [3.63, 3.8) is 0 Å². The van der Waals surface area contributed by atoms with Crippen molar-refractivity contribution < 1.29 is 14.4 Å². The van der Waals surface area contributed by atoms with Crippen LogP contribution in [0.1, 0.15) is 37.3 Å². The number of rotatable bonds is 5. The molecule has 1 heterocycles. The molecule has 1 atom stereocenters. The number of nitrogens with zero attached hydrogens (tertiary/aromatic N) is 2. The number of aryl methyl sites for hydroxylation is 1. The lowest BCUT2D eigenvalue weighted by atomic mass is 10.1. The molecule has 5 nitrogen and oxygen atoms in total. The maximum Gasteiger partial charge on any atom is 0.261 e. The van der Waals surface area contributed by atoms with Crippen molar-refractivity contribution in [2.24, 2.45) is 0 Å². The molecule has 1 N–H and O–H groups in total. The van der Waals surface area contributed by atoms with Gasteiger partial charge in [0.25, 0.3) is 5.89 Å². The fourth-order valence-corrected chi connectivity index (χ4v) is 1.87. The molecule has 2 rings (SSSR count). The van der Waals surface area contributed by atoms with E-state index in [-0.39, 0.29) is 0 Å². The number of hydrogen-bond acceptors (Lipinski definition) is 5. The SMILES string of the molecule is CCCC(O)c1noc(-c2cc(C)ccc2OC)n1. The molecule has 0 saturated carbocycles. The summed E-state index contributed by atoms with van der Waals surface area (Å²) in [5.74, 6) is 1.36. The maximum atomic E-state index is 9.85. The van der Waals surface area contributed by atoms with Gasteiger partial charge in [0.05, 0.1) is 12.7 Å². The van der Waals surface area contributed by atoms with Gasteiger partial charge in [0, 0.05) is 0 Å². The molecule has 0 aliphatic carbocycles. The third kappa shape index (κ3) is 2.93. The minimum absolute atomic E-state index is 0.320. The molecule has 0 bridgehead atoms. The van der Waals surface area contributed by atoms with Gasteiger partial charge in [0.1, 0.15) is 11.9 Å². The van der Waals surface area contributed by atoms with Crippen molar-refractivity contribution in [3.8, 4) is 17.2 Å². The predicted molar refractivity (Wildman–Crippen MR) is 70.9 cm³/mol. The smallest absolute Gasteiger partial charge is 0.261 e. The summed E-state index contributed by atoms with van der Waals surface area (Å²) in [6.07, 6.45) is 0.793. The summed E-state index contributed by atoms with van der Waals surface area (Å²) < 4.78 is 10.5. The summed E-state index contributed by atoms with van der Waals surface area (Å²) in [6.45, 7) is 3.97. The Hall–Kier alpha value is -1.88. The highest BCUT2D eigenvalue weighted by Crippen LogP contribution is 2.30. The zero-order chi connectivity index (χ0) is 13.8. The predicted octanol–water partition coefficient (Wildman–Crippen LogP) is 2.89. The van der Waals surface area contributed by atoms with Crippen molar-refractivity contribution in [3.05, 3.63) is 29.6 Å². The highest BCUT2D eigenvalue weighted by atomic mass is 16.5. The van der Waals surface area contributed by atoms with E-state index >= 15 is 0 Å². The van der Waals surface area contributed by atoms with Gasteiger partial charge in [-0.05, 0) is 25.5 Å². The Morgan fingerprint density at radius 3 is 2.89 bits per heavy atom. The summed E-state index contributed by atoms with van der Waals surface area (Å²) in [6, 6.07) is 5.73. The third-order valence-corrected chi connectivity index (χ3v) is 2.89. The van der Waals surface area contributed by atoms with Crippen molar-refractivity contribution in [2.75, 3.05) is 7.11 Å². The second-order valence-corrected chi connectivity index (χ2v) is 4.47. The van der Waals surface area contributed by atoms with Gasteiger partial charge in [-0.3, -0.25) is 0 Å². The van der Waals surface area contributed by atoms with E-state index in [1.54, 1.807) is 7.11 Å². The molecule has 0 fully saturated rings. The first-order valence-electron chi connectivity index (χ1n) is 6.32. The van der Waals surface area contributed by atoms with Crippen molar-refractivity contribution >= 4 is 0 Å². The van der Waals surface area contributed by atoms with Crippen LogP contribution in [-0.4, -0.2) is 22.4 Å². The second kappa shape index (κ2) is 5.84. The van der Waals surface area contributed by atoms with Gasteiger partial charge in [0.15, 0.2) is 0 Å². The Morgan fingerprint density at radius 1 is 1.42 bits per heavy atom. The number of methoxy groups -OCH3 is 1. The molecule has 0 radical (unpaired) electrons. The number of ether oxygens (including phenoxy) is 1. The lowest BCUT2D eigenvalue weighted by Gasteiger charge is -2.05. The number of aliphatic hydroxyl groups is 1. The molecular weight excluding hydrogens is 244 g/mol. The maximum absolute atomic E-state index is 9.85. The molecule has 1 unspecified atom stereocenters. The first-order valence-corrected chi connectivity index (χ1v) is 6.32. The van der Waals surface area contributed by atoms with Crippen LogP contribution < -0.4 is 4.74 Å². The Morgan fingerprint density at radius 2 is 2.21 bits per heavy atom. The van der Waals surface area contributed by atoms with Crippen LogP contribution in [0.3, 0.4) is 0 Å². The summed E-state index contributed by atoms with van der Waals surface area (Å²) >= 11 is 0. The number of aliphatic hydroxyl groups excluding tert-OH is 1. The highest BCUT2D eigenvalue weighted by Gasteiger charge is 2.18. The Balaban J connectivity index is 2.34. The molecule has 2 aromatic rings.